The number of nitrogens with one attached hydrogen (secondary N) is 2. The maximum absolute atomic E-state index is 11.8. The van der Waals surface area contributed by atoms with Crippen LogP contribution in [-0.2, 0) is 27.9 Å². The second-order valence-corrected chi connectivity index (χ2v) is 6.76. The molecule has 8 nitrogen and oxygen atoms in total. The molecule has 2 N–H and O–H groups in total. The Morgan fingerprint density at radius 1 is 1.32 bits per heavy atom. The van der Waals surface area contributed by atoms with Crippen LogP contribution < -0.4 is 10.0 Å². The lowest BCUT2D eigenvalue weighted by Crippen LogP contribution is -2.27. The van der Waals surface area contributed by atoms with E-state index in [0.29, 0.717) is 11.6 Å². The Bertz CT molecular complexity index is 757. The van der Waals surface area contributed by atoms with E-state index in [-0.39, 0.29) is 18.3 Å². The highest BCUT2D eigenvalue weighted by Crippen LogP contribution is 2.09. The zero-order valence-corrected chi connectivity index (χ0v) is 13.2. The summed E-state index contributed by atoms with van der Waals surface area (Å²) in [6.07, 6.45) is 2.34. The average molecular weight is 344 g/mol. The van der Waals surface area contributed by atoms with Crippen molar-refractivity contribution in [1.29, 1.82) is 0 Å². The molecule has 0 fully saturated rings. The number of carbonyl (C=O) groups is 1. The minimum Gasteiger partial charge on any atom is -0.350 e. The first kappa shape index (κ1) is 16.2. The molecule has 0 aliphatic carbocycles. The molecule has 1 aromatic heterocycles. The Balaban J connectivity index is 1.85. The molecule has 2 rings (SSSR count). The molecule has 0 radical (unpaired) electrons. The van der Waals surface area contributed by atoms with Crippen molar-refractivity contribution in [2.75, 3.05) is 11.0 Å². The maximum atomic E-state index is 11.8. The second-order valence-electron chi connectivity index (χ2n) is 4.58. The summed E-state index contributed by atoms with van der Waals surface area (Å²) >= 11 is 5.78. The predicted molar refractivity (Wildman–Crippen MR) is 81.8 cm³/mol. The molecule has 1 aromatic carbocycles. The van der Waals surface area contributed by atoms with Gasteiger partial charge in [0.05, 0.1) is 12.5 Å². The van der Waals surface area contributed by atoms with Crippen molar-refractivity contribution >= 4 is 33.3 Å². The zero-order valence-electron chi connectivity index (χ0n) is 11.7. The number of aromatic nitrogens is 3. The number of rotatable bonds is 6. The number of halogens is 1. The van der Waals surface area contributed by atoms with Gasteiger partial charge in [-0.15, -0.1) is 5.10 Å². The molecule has 0 saturated heterocycles. The Labute approximate surface area is 132 Å². The molecule has 1 amide bonds. The van der Waals surface area contributed by atoms with E-state index in [1.807, 2.05) is 12.1 Å². The lowest BCUT2D eigenvalue weighted by molar-refractivity contribution is -0.122. The summed E-state index contributed by atoms with van der Waals surface area (Å²) in [5.41, 5.74) is 0.913. The van der Waals surface area contributed by atoms with Gasteiger partial charge in [0.15, 0.2) is 5.82 Å². The Morgan fingerprint density at radius 2 is 2.00 bits per heavy atom. The molecular weight excluding hydrogens is 330 g/mol. The topological polar surface area (TPSA) is 106 Å². The van der Waals surface area contributed by atoms with Gasteiger partial charge in [0, 0.05) is 11.6 Å². The highest BCUT2D eigenvalue weighted by molar-refractivity contribution is 7.92. The molecule has 22 heavy (non-hydrogen) atoms. The van der Waals surface area contributed by atoms with Crippen LogP contribution in [0.2, 0.25) is 5.02 Å². The summed E-state index contributed by atoms with van der Waals surface area (Å²) in [5, 5.41) is 10.6. The van der Waals surface area contributed by atoms with Crippen LogP contribution in [0.25, 0.3) is 0 Å². The van der Waals surface area contributed by atoms with Gasteiger partial charge in [0.1, 0.15) is 6.54 Å². The number of anilines is 1. The van der Waals surface area contributed by atoms with E-state index in [9.17, 15) is 13.2 Å². The number of amides is 1. The smallest absolute Gasteiger partial charge is 0.242 e. The Morgan fingerprint density at radius 3 is 2.64 bits per heavy atom. The fourth-order valence-corrected chi connectivity index (χ4v) is 2.22. The number of carbonyl (C=O) groups excluding carboxylic acids is 1. The van der Waals surface area contributed by atoms with Crippen LogP contribution >= 0.6 is 11.6 Å². The SMILES string of the molecule is CS(=O)(=O)Nc1cn(CC(=O)NCc2ccc(Cl)cc2)nn1. The van der Waals surface area contributed by atoms with Gasteiger partial charge in [-0.05, 0) is 17.7 Å². The largest absolute Gasteiger partial charge is 0.350 e. The van der Waals surface area contributed by atoms with Crippen LogP contribution in [0.15, 0.2) is 30.5 Å². The summed E-state index contributed by atoms with van der Waals surface area (Å²) in [6.45, 7) is 0.297. The molecule has 0 atom stereocenters. The molecular formula is C12H14ClN5O3S. The summed E-state index contributed by atoms with van der Waals surface area (Å²) in [6, 6.07) is 7.10. The molecule has 10 heteroatoms. The van der Waals surface area contributed by atoms with Crippen LogP contribution in [-0.4, -0.2) is 35.6 Å². The Kier molecular flexibility index (Phi) is 4.99. The van der Waals surface area contributed by atoms with Crippen molar-refractivity contribution in [2.45, 2.75) is 13.1 Å². The quantitative estimate of drug-likeness (QED) is 0.799. The van der Waals surface area contributed by atoms with Gasteiger partial charge in [-0.1, -0.05) is 28.9 Å². The number of nitrogens with zero attached hydrogens (tertiary/aromatic N) is 3. The van der Waals surface area contributed by atoms with Crippen molar-refractivity contribution < 1.29 is 13.2 Å². The molecule has 0 unspecified atom stereocenters. The van der Waals surface area contributed by atoms with Crippen LogP contribution in [0.3, 0.4) is 0 Å². The van der Waals surface area contributed by atoms with E-state index in [2.05, 4.69) is 20.4 Å². The second kappa shape index (κ2) is 6.75. The summed E-state index contributed by atoms with van der Waals surface area (Å²) < 4.78 is 25.5. The maximum Gasteiger partial charge on any atom is 0.242 e. The van der Waals surface area contributed by atoms with Crippen molar-refractivity contribution in [3.63, 3.8) is 0 Å². The summed E-state index contributed by atoms with van der Waals surface area (Å²) in [4.78, 5) is 11.8. The van der Waals surface area contributed by atoms with Gasteiger partial charge < -0.3 is 5.32 Å². The van der Waals surface area contributed by atoms with Gasteiger partial charge >= 0.3 is 0 Å². The average Bonchev–Trinajstić information content (AvgIpc) is 2.83. The summed E-state index contributed by atoms with van der Waals surface area (Å²) in [7, 11) is -3.42. The van der Waals surface area contributed by atoms with Crippen LogP contribution in [0.1, 0.15) is 5.56 Å². The van der Waals surface area contributed by atoms with E-state index in [4.69, 9.17) is 11.6 Å². The highest BCUT2D eigenvalue weighted by Gasteiger charge is 2.09. The predicted octanol–water partition coefficient (Wildman–Crippen LogP) is 0.619. The number of sulfonamides is 1. The van der Waals surface area contributed by atoms with Gasteiger partial charge in [-0.3, -0.25) is 9.52 Å². The lowest BCUT2D eigenvalue weighted by Gasteiger charge is -2.05. The monoisotopic (exact) mass is 343 g/mol. The van der Waals surface area contributed by atoms with Crippen molar-refractivity contribution in [3.05, 3.63) is 41.0 Å². The molecule has 2 aromatic rings. The molecule has 0 spiro atoms. The number of benzene rings is 1. The summed E-state index contributed by atoms with van der Waals surface area (Å²) in [5.74, 6) is -0.209. The number of hydrogen-bond acceptors (Lipinski definition) is 5. The van der Waals surface area contributed by atoms with Crippen molar-refractivity contribution in [1.82, 2.24) is 20.3 Å². The van der Waals surface area contributed by atoms with E-state index < -0.39 is 10.0 Å². The van der Waals surface area contributed by atoms with Gasteiger partial charge in [-0.25, -0.2) is 13.1 Å². The van der Waals surface area contributed by atoms with Gasteiger partial charge in [0.25, 0.3) is 0 Å². The molecule has 0 saturated carbocycles. The molecule has 0 aliphatic heterocycles. The van der Waals surface area contributed by atoms with Crippen molar-refractivity contribution in [3.8, 4) is 0 Å². The first-order valence-electron chi connectivity index (χ1n) is 6.21. The minimum atomic E-state index is -3.42. The molecule has 0 bridgehead atoms. The van der Waals surface area contributed by atoms with E-state index in [1.54, 1.807) is 12.1 Å². The molecule has 1 heterocycles. The van der Waals surface area contributed by atoms with E-state index in [0.717, 1.165) is 11.8 Å². The normalized spacial score (nSPS) is 11.2. The fourth-order valence-electron chi connectivity index (χ4n) is 1.62. The molecule has 0 aliphatic rings. The highest BCUT2D eigenvalue weighted by atomic mass is 35.5. The van der Waals surface area contributed by atoms with Gasteiger partial charge in [-0.2, -0.15) is 0 Å². The van der Waals surface area contributed by atoms with E-state index in [1.165, 1.54) is 10.9 Å². The standard InChI is InChI=1S/C12H14ClN5O3S/c1-22(20,21)16-11-7-18(17-15-11)8-12(19)14-6-9-2-4-10(13)5-3-9/h2-5,7,16H,6,8H2,1H3,(H,14,19). The molecule has 118 valence electrons. The van der Waals surface area contributed by atoms with Crippen LogP contribution in [0.5, 0.6) is 0 Å². The third-order valence-electron chi connectivity index (χ3n) is 2.54. The third-order valence-corrected chi connectivity index (χ3v) is 3.37. The Hall–Kier alpha value is -2.13. The van der Waals surface area contributed by atoms with Gasteiger partial charge in [0.2, 0.25) is 15.9 Å². The third kappa shape index (κ3) is 5.34. The first-order chi connectivity index (χ1) is 10.3. The number of hydrogen-bond donors (Lipinski definition) is 2. The van der Waals surface area contributed by atoms with Crippen LogP contribution in [0, 0.1) is 0 Å². The van der Waals surface area contributed by atoms with Crippen LogP contribution in [0.4, 0.5) is 5.82 Å². The van der Waals surface area contributed by atoms with E-state index >= 15 is 0 Å². The van der Waals surface area contributed by atoms with Crippen molar-refractivity contribution in [2.24, 2.45) is 0 Å². The fraction of sp³-hybridized carbons (Fsp3) is 0.250. The first-order valence-corrected chi connectivity index (χ1v) is 8.48. The lowest BCUT2D eigenvalue weighted by atomic mass is 10.2. The zero-order chi connectivity index (χ0) is 16.2. The minimum absolute atomic E-state index is 0.0630.